The number of carbonyl (C=O) groups excluding carboxylic acids is 1. The predicted molar refractivity (Wildman–Crippen MR) is 96.6 cm³/mol. The number of carbonyl (C=O) groups is 2. The summed E-state index contributed by atoms with van der Waals surface area (Å²) < 4.78 is 11.4. The molecule has 0 aromatic heterocycles. The highest BCUT2D eigenvalue weighted by atomic mass is 16.5. The van der Waals surface area contributed by atoms with Gasteiger partial charge in [-0.2, -0.15) is 0 Å². The van der Waals surface area contributed by atoms with E-state index in [9.17, 15) is 14.7 Å². The van der Waals surface area contributed by atoms with Gasteiger partial charge in [-0.15, -0.1) is 0 Å². The Kier molecular flexibility index (Phi) is 5.36. The van der Waals surface area contributed by atoms with E-state index in [0.29, 0.717) is 18.7 Å². The average Bonchev–Trinajstić information content (AvgIpc) is 3.02. The monoisotopic (exact) mass is 362 g/mol. The molecule has 1 aromatic carbocycles. The molecule has 2 N–H and O–H groups in total. The van der Waals surface area contributed by atoms with Gasteiger partial charge in [-0.3, -0.25) is 4.79 Å². The Morgan fingerprint density at radius 2 is 2.08 bits per heavy atom. The molecule has 2 aliphatic heterocycles. The minimum absolute atomic E-state index is 0.168. The van der Waals surface area contributed by atoms with Gasteiger partial charge in [-0.1, -0.05) is 0 Å². The van der Waals surface area contributed by atoms with E-state index in [2.05, 4.69) is 5.32 Å². The quantitative estimate of drug-likeness (QED) is 0.860. The normalized spacial score (nSPS) is 23.7. The van der Waals surface area contributed by atoms with Crippen LogP contribution in [0.5, 0.6) is 5.75 Å². The molecule has 2 saturated heterocycles. The lowest BCUT2D eigenvalue weighted by Crippen LogP contribution is -2.37. The SMILES string of the molecule is Cc1cc(NC(=O)N2CCC(C)(C(=O)O)C2)ccc1OC1CCOCC1. The molecular weight excluding hydrogens is 336 g/mol. The molecule has 0 spiro atoms. The van der Waals surface area contributed by atoms with Gasteiger partial charge < -0.3 is 24.8 Å². The second-order valence-electron chi connectivity index (χ2n) is 7.38. The number of hydrogen-bond donors (Lipinski definition) is 2. The van der Waals surface area contributed by atoms with Crippen LogP contribution in [0.2, 0.25) is 0 Å². The lowest BCUT2D eigenvalue weighted by atomic mass is 9.90. The van der Waals surface area contributed by atoms with Crippen molar-refractivity contribution in [2.45, 2.75) is 39.2 Å². The Balaban J connectivity index is 1.59. The van der Waals surface area contributed by atoms with Crippen molar-refractivity contribution in [1.29, 1.82) is 0 Å². The molecule has 7 nitrogen and oxygen atoms in total. The average molecular weight is 362 g/mol. The van der Waals surface area contributed by atoms with Gasteiger partial charge >= 0.3 is 12.0 Å². The number of benzene rings is 1. The summed E-state index contributed by atoms with van der Waals surface area (Å²) in [7, 11) is 0. The Morgan fingerprint density at radius 1 is 1.35 bits per heavy atom. The van der Waals surface area contributed by atoms with Crippen molar-refractivity contribution in [1.82, 2.24) is 4.90 Å². The van der Waals surface area contributed by atoms with Gasteiger partial charge in [-0.05, 0) is 44.0 Å². The molecule has 2 fully saturated rings. The van der Waals surface area contributed by atoms with Crippen LogP contribution in [0.25, 0.3) is 0 Å². The first-order chi connectivity index (χ1) is 12.4. The highest BCUT2D eigenvalue weighted by Crippen LogP contribution is 2.31. The van der Waals surface area contributed by atoms with Crippen molar-refractivity contribution in [3.63, 3.8) is 0 Å². The zero-order valence-corrected chi connectivity index (χ0v) is 15.3. The Hall–Kier alpha value is -2.28. The van der Waals surface area contributed by atoms with Gasteiger partial charge in [0.15, 0.2) is 0 Å². The number of ether oxygens (including phenoxy) is 2. The molecule has 0 saturated carbocycles. The number of aryl methyl sites for hydroxylation is 1. The number of nitrogens with zero attached hydrogens (tertiary/aromatic N) is 1. The first-order valence-corrected chi connectivity index (χ1v) is 9.02. The molecule has 26 heavy (non-hydrogen) atoms. The summed E-state index contributed by atoms with van der Waals surface area (Å²) in [6.45, 7) is 5.74. The number of likely N-dealkylation sites (tertiary alicyclic amines) is 1. The molecule has 2 heterocycles. The van der Waals surface area contributed by atoms with E-state index in [0.717, 1.165) is 37.4 Å². The third-order valence-corrected chi connectivity index (χ3v) is 5.17. The summed E-state index contributed by atoms with van der Waals surface area (Å²) in [5.41, 5.74) is 0.760. The fourth-order valence-electron chi connectivity index (χ4n) is 3.34. The van der Waals surface area contributed by atoms with E-state index in [4.69, 9.17) is 9.47 Å². The highest BCUT2D eigenvalue weighted by Gasteiger charge is 2.42. The number of hydrogen-bond acceptors (Lipinski definition) is 4. The fraction of sp³-hybridized carbons (Fsp3) is 0.579. The molecule has 1 aromatic rings. The van der Waals surface area contributed by atoms with E-state index in [1.54, 1.807) is 11.8 Å². The Labute approximate surface area is 153 Å². The Morgan fingerprint density at radius 3 is 2.69 bits per heavy atom. The van der Waals surface area contributed by atoms with Crippen LogP contribution < -0.4 is 10.1 Å². The minimum Gasteiger partial charge on any atom is -0.490 e. The van der Waals surface area contributed by atoms with Gasteiger partial charge in [0.05, 0.1) is 18.6 Å². The van der Waals surface area contributed by atoms with Crippen LogP contribution in [-0.4, -0.2) is 54.4 Å². The van der Waals surface area contributed by atoms with E-state index in [1.165, 1.54) is 0 Å². The van der Waals surface area contributed by atoms with Crippen LogP contribution in [-0.2, 0) is 9.53 Å². The van der Waals surface area contributed by atoms with Crippen LogP contribution in [0.1, 0.15) is 31.7 Å². The second-order valence-corrected chi connectivity index (χ2v) is 7.38. The standard InChI is InChI=1S/C19H26N2O5/c1-13-11-14(3-4-16(13)26-15-5-9-25-10-6-15)20-18(24)21-8-7-19(2,12-21)17(22)23/h3-4,11,15H,5-10,12H2,1-2H3,(H,20,24)(H,22,23). The number of nitrogens with one attached hydrogen (secondary N) is 1. The van der Waals surface area contributed by atoms with Crippen molar-refractivity contribution >= 4 is 17.7 Å². The van der Waals surface area contributed by atoms with E-state index in [-0.39, 0.29) is 18.7 Å². The summed E-state index contributed by atoms with van der Waals surface area (Å²) in [6, 6.07) is 5.28. The number of urea groups is 1. The maximum atomic E-state index is 12.4. The molecular formula is C19H26N2O5. The lowest BCUT2D eigenvalue weighted by Gasteiger charge is -2.24. The van der Waals surface area contributed by atoms with Crippen LogP contribution in [0, 0.1) is 12.3 Å². The fourth-order valence-corrected chi connectivity index (χ4v) is 3.34. The van der Waals surface area contributed by atoms with Gasteiger partial charge in [0.1, 0.15) is 11.9 Å². The number of carboxylic acid groups (broad SMARTS) is 1. The van der Waals surface area contributed by atoms with Crippen LogP contribution in [0.3, 0.4) is 0 Å². The summed E-state index contributed by atoms with van der Waals surface area (Å²) in [5, 5.41) is 12.1. The summed E-state index contributed by atoms with van der Waals surface area (Å²) >= 11 is 0. The van der Waals surface area contributed by atoms with Gasteiger partial charge in [0.2, 0.25) is 0 Å². The first-order valence-electron chi connectivity index (χ1n) is 9.02. The van der Waals surface area contributed by atoms with Crippen molar-refractivity contribution in [3.8, 4) is 5.75 Å². The molecule has 142 valence electrons. The zero-order valence-electron chi connectivity index (χ0n) is 15.3. The number of carboxylic acids is 1. The van der Waals surface area contributed by atoms with Gasteiger partial charge in [0.25, 0.3) is 0 Å². The second kappa shape index (κ2) is 7.53. The summed E-state index contributed by atoms with van der Waals surface area (Å²) in [5.74, 6) is -0.0483. The molecule has 0 aliphatic carbocycles. The topological polar surface area (TPSA) is 88.1 Å². The largest absolute Gasteiger partial charge is 0.490 e. The zero-order chi connectivity index (χ0) is 18.7. The van der Waals surface area contributed by atoms with E-state index in [1.807, 2.05) is 25.1 Å². The third-order valence-electron chi connectivity index (χ3n) is 5.17. The van der Waals surface area contributed by atoms with E-state index < -0.39 is 11.4 Å². The molecule has 0 bridgehead atoms. The van der Waals surface area contributed by atoms with Crippen molar-refractivity contribution in [2.75, 3.05) is 31.6 Å². The predicted octanol–water partition coefficient (Wildman–Crippen LogP) is 2.88. The van der Waals surface area contributed by atoms with E-state index >= 15 is 0 Å². The smallest absolute Gasteiger partial charge is 0.321 e. The third kappa shape index (κ3) is 4.09. The van der Waals surface area contributed by atoms with Crippen molar-refractivity contribution in [2.24, 2.45) is 5.41 Å². The number of aliphatic carboxylic acids is 1. The molecule has 0 radical (unpaired) electrons. The van der Waals surface area contributed by atoms with Crippen LogP contribution in [0.15, 0.2) is 18.2 Å². The summed E-state index contributed by atoms with van der Waals surface area (Å²) in [4.78, 5) is 25.3. The Bertz CT molecular complexity index is 687. The number of anilines is 1. The molecule has 3 rings (SSSR count). The maximum absolute atomic E-state index is 12.4. The summed E-state index contributed by atoms with van der Waals surface area (Å²) in [6.07, 6.45) is 2.40. The van der Waals surface area contributed by atoms with Crippen LogP contribution in [0.4, 0.5) is 10.5 Å². The van der Waals surface area contributed by atoms with Crippen molar-refractivity contribution in [3.05, 3.63) is 23.8 Å². The van der Waals surface area contributed by atoms with Crippen molar-refractivity contribution < 1.29 is 24.2 Å². The minimum atomic E-state index is -0.866. The maximum Gasteiger partial charge on any atom is 0.321 e. The molecule has 2 amide bonds. The molecule has 7 heteroatoms. The van der Waals surface area contributed by atoms with Gasteiger partial charge in [0, 0.05) is 31.6 Å². The number of amides is 2. The number of rotatable bonds is 4. The molecule has 1 unspecified atom stereocenters. The highest BCUT2D eigenvalue weighted by molar-refractivity contribution is 5.90. The first kappa shape index (κ1) is 18.5. The lowest BCUT2D eigenvalue weighted by molar-refractivity contribution is -0.146. The van der Waals surface area contributed by atoms with Crippen LogP contribution >= 0.6 is 0 Å². The van der Waals surface area contributed by atoms with Gasteiger partial charge in [-0.25, -0.2) is 4.79 Å². The molecule has 1 atom stereocenters. The molecule has 2 aliphatic rings.